The van der Waals surface area contributed by atoms with E-state index in [1.165, 1.54) is 6.33 Å². The highest BCUT2D eigenvalue weighted by Gasteiger charge is 2.12. The summed E-state index contributed by atoms with van der Waals surface area (Å²) in [6.45, 7) is 4.36. The summed E-state index contributed by atoms with van der Waals surface area (Å²) in [5.74, 6) is 0.430. The van der Waals surface area contributed by atoms with Crippen molar-refractivity contribution in [3.8, 4) is 5.88 Å². The average Bonchev–Trinajstić information content (AvgIpc) is 3.10. The molecule has 8 heteroatoms. The van der Waals surface area contributed by atoms with Crippen molar-refractivity contribution in [2.45, 2.75) is 20.3 Å². The molecule has 4 rings (SSSR count). The fourth-order valence-corrected chi connectivity index (χ4v) is 3.04. The van der Waals surface area contributed by atoms with E-state index >= 15 is 0 Å². The monoisotopic (exact) mass is 378 g/mol. The van der Waals surface area contributed by atoms with E-state index < -0.39 is 5.95 Å². The van der Waals surface area contributed by atoms with Crippen LogP contribution in [-0.2, 0) is 6.42 Å². The van der Waals surface area contributed by atoms with E-state index in [0.717, 1.165) is 22.3 Å². The molecule has 0 saturated heterocycles. The number of hydrogen-bond acceptors (Lipinski definition) is 6. The molecular weight excluding hydrogens is 359 g/mol. The number of rotatable bonds is 6. The van der Waals surface area contributed by atoms with Crippen LogP contribution in [-0.4, -0.2) is 31.5 Å². The number of ether oxygens (including phenoxy) is 1. The second-order valence-corrected chi connectivity index (χ2v) is 6.26. The third-order valence-corrected chi connectivity index (χ3v) is 4.35. The first-order valence-electron chi connectivity index (χ1n) is 8.93. The van der Waals surface area contributed by atoms with Gasteiger partial charge in [0.05, 0.1) is 24.2 Å². The molecule has 0 aliphatic rings. The molecule has 0 amide bonds. The molecule has 28 heavy (non-hydrogen) atoms. The van der Waals surface area contributed by atoms with Crippen molar-refractivity contribution < 1.29 is 9.13 Å². The van der Waals surface area contributed by atoms with E-state index in [0.29, 0.717) is 36.0 Å². The van der Waals surface area contributed by atoms with Crippen molar-refractivity contribution in [2.75, 3.05) is 11.9 Å². The van der Waals surface area contributed by atoms with Gasteiger partial charge in [0.25, 0.3) is 0 Å². The van der Waals surface area contributed by atoms with E-state index in [1.54, 1.807) is 30.5 Å². The third-order valence-electron chi connectivity index (χ3n) is 4.35. The Morgan fingerprint density at radius 1 is 1.11 bits per heavy atom. The first kappa shape index (κ1) is 17.8. The molecule has 4 heterocycles. The largest absolute Gasteiger partial charge is 0.478 e. The summed E-state index contributed by atoms with van der Waals surface area (Å²) in [4.78, 5) is 19.7. The summed E-state index contributed by atoms with van der Waals surface area (Å²) < 4.78 is 19.9. The third kappa shape index (κ3) is 3.62. The van der Waals surface area contributed by atoms with Gasteiger partial charge in [0.1, 0.15) is 17.8 Å². The SMILES string of the molecule is CCOc1ccc(Nc2ccc(Cc3c[nH]c4ncnc(C)c34)c(F)n2)cn1. The standard InChI is InChI=1S/C20H19FN6O/c1-3-28-17-7-5-15(10-22-17)26-16-6-4-13(19(21)27-16)8-14-9-23-20-18(14)12(2)24-11-25-20/h4-7,9-11H,3,8H2,1-2H3,(H,26,27)(H,23,24,25). The molecule has 0 radical (unpaired) electrons. The number of aromatic nitrogens is 5. The number of aryl methyl sites for hydroxylation is 1. The van der Waals surface area contributed by atoms with Crippen LogP contribution in [0.25, 0.3) is 11.0 Å². The smallest absolute Gasteiger partial charge is 0.218 e. The van der Waals surface area contributed by atoms with E-state index in [-0.39, 0.29) is 0 Å². The van der Waals surface area contributed by atoms with Crippen LogP contribution in [0, 0.1) is 12.9 Å². The Bertz CT molecular complexity index is 1110. The lowest BCUT2D eigenvalue weighted by Crippen LogP contribution is -2.01. The van der Waals surface area contributed by atoms with Gasteiger partial charge in [-0.1, -0.05) is 6.07 Å². The Hall–Kier alpha value is -3.55. The van der Waals surface area contributed by atoms with Gasteiger partial charge >= 0.3 is 0 Å². The molecular formula is C20H19FN6O. The van der Waals surface area contributed by atoms with Gasteiger partial charge in [-0.05, 0) is 31.5 Å². The van der Waals surface area contributed by atoms with Crippen LogP contribution in [0.2, 0.25) is 0 Å². The van der Waals surface area contributed by atoms with E-state index in [4.69, 9.17) is 4.74 Å². The first-order chi connectivity index (χ1) is 13.6. The van der Waals surface area contributed by atoms with Gasteiger partial charge in [-0.15, -0.1) is 0 Å². The maximum atomic E-state index is 14.6. The predicted octanol–water partition coefficient (Wildman–Crippen LogP) is 3.93. The Labute approximate surface area is 161 Å². The van der Waals surface area contributed by atoms with Crippen molar-refractivity contribution in [2.24, 2.45) is 0 Å². The number of hydrogen-bond donors (Lipinski definition) is 2. The highest BCUT2D eigenvalue weighted by Crippen LogP contribution is 2.24. The van der Waals surface area contributed by atoms with Crippen LogP contribution >= 0.6 is 0 Å². The minimum atomic E-state index is -0.521. The van der Waals surface area contributed by atoms with Crippen LogP contribution in [0.1, 0.15) is 23.7 Å². The minimum Gasteiger partial charge on any atom is -0.478 e. The van der Waals surface area contributed by atoms with Gasteiger partial charge in [-0.3, -0.25) is 0 Å². The van der Waals surface area contributed by atoms with Gasteiger partial charge in [-0.25, -0.2) is 19.9 Å². The number of pyridine rings is 2. The summed E-state index contributed by atoms with van der Waals surface area (Å²) in [5, 5.41) is 3.96. The molecule has 4 aromatic rings. The maximum absolute atomic E-state index is 14.6. The average molecular weight is 378 g/mol. The number of aromatic amines is 1. The zero-order valence-corrected chi connectivity index (χ0v) is 15.5. The molecule has 4 aromatic heterocycles. The van der Waals surface area contributed by atoms with Gasteiger partial charge in [0.15, 0.2) is 0 Å². The zero-order valence-electron chi connectivity index (χ0n) is 15.5. The number of nitrogens with zero attached hydrogens (tertiary/aromatic N) is 4. The molecule has 0 unspecified atom stereocenters. The quantitative estimate of drug-likeness (QED) is 0.494. The van der Waals surface area contributed by atoms with E-state index in [2.05, 4.69) is 30.2 Å². The maximum Gasteiger partial charge on any atom is 0.218 e. The molecule has 0 atom stereocenters. The van der Waals surface area contributed by atoms with Crippen molar-refractivity contribution >= 4 is 22.5 Å². The number of halogens is 1. The molecule has 0 spiro atoms. The molecule has 2 N–H and O–H groups in total. The van der Waals surface area contributed by atoms with Crippen LogP contribution < -0.4 is 10.1 Å². The minimum absolute atomic E-state index is 0.401. The summed E-state index contributed by atoms with van der Waals surface area (Å²) in [7, 11) is 0. The van der Waals surface area contributed by atoms with E-state index in [9.17, 15) is 4.39 Å². The van der Waals surface area contributed by atoms with Crippen LogP contribution in [0.5, 0.6) is 5.88 Å². The van der Waals surface area contributed by atoms with Crippen LogP contribution in [0.15, 0.2) is 43.0 Å². The lowest BCUT2D eigenvalue weighted by Gasteiger charge is -2.08. The van der Waals surface area contributed by atoms with E-state index in [1.807, 2.05) is 20.0 Å². The predicted molar refractivity (Wildman–Crippen MR) is 104 cm³/mol. The molecule has 7 nitrogen and oxygen atoms in total. The summed E-state index contributed by atoms with van der Waals surface area (Å²) in [6.07, 6.45) is 5.37. The number of fused-ring (bicyclic) bond motifs is 1. The Morgan fingerprint density at radius 3 is 2.75 bits per heavy atom. The van der Waals surface area contributed by atoms with Crippen molar-refractivity contribution in [1.29, 1.82) is 0 Å². The van der Waals surface area contributed by atoms with Gasteiger partial charge in [-0.2, -0.15) is 4.39 Å². The fraction of sp³-hybridized carbons (Fsp3) is 0.200. The van der Waals surface area contributed by atoms with Crippen molar-refractivity contribution in [3.05, 3.63) is 65.8 Å². The van der Waals surface area contributed by atoms with Crippen LogP contribution in [0.4, 0.5) is 15.9 Å². The molecule has 0 saturated carbocycles. The van der Waals surface area contributed by atoms with Gasteiger partial charge in [0.2, 0.25) is 11.8 Å². The molecule has 0 aromatic carbocycles. The van der Waals surface area contributed by atoms with Crippen molar-refractivity contribution in [1.82, 2.24) is 24.9 Å². The molecule has 0 aliphatic carbocycles. The first-order valence-corrected chi connectivity index (χ1v) is 8.93. The number of nitrogens with one attached hydrogen (secondary N) is 2. The Balaban J connectivity index is 1.52. The van der Waals surface area contributed by atoms with Crippen molar-refractivity contribution in [3.63, 3.8) is 0 Å². The second-order valence-electron chi connectivity index (χ2n) is 6.26. The highest BCUT2D eigenvalue weighted by molar-refractivity contribution is 5.82. The van der Waals surface area contributed by atoms with Gasteiger partial charge < -0.3 is 15.0 Å². The topological polar surface area (TPSA) is 88.6 Å². The summed E-state index contributed by atoms with van der Waals surface area (Å²) in [6, 6.07) is 7.02. The molecule has 0 fully saturated rings. The lowest BCUT2D eigenvalue weighted by atomic mass is 10.1. The molecule has 0 bridgehead atoms. The number of anilines is 2. The molecule has 142 valence electrons. The molecule has 0 aliphatic heterocycles. The zero-order chi connectivity index (χ0) is 19.5. The van der Waals surface area contributed by atoms with Gasteiger partial charge in [0, 0.05) is 29.6 Å². The lowest BCUT2D eigenvalue weighted by molar-refractivity contribution is 0.327. The number of H-pyrrole nitrogens is 1. The fourth-order valence-electron chi connectivity index (χ4n) is 3.04. The summed E-state index contributed by atoms with van der Waals surface area (Å²) in [5.41, 5.74) is 3.74. The highest BCUT2D eigenvalue weighted by atomic mass is 19.1. The van der Waals surface area contributed by atoms with Crippen LogP contribution in [0.3, 0.4) is 0 Å². The second kappa shape index (κ2) is 7.59. The normalized spacial score (nSPS) is 11.0. The Kier molecular flexibility index (Phi) is 4.84. The Morgan fingerprint density at radius 2 is 2.00 bits per heavy atom. The summed E-state index contributed by atoms with van der Waals surface area (Å²) >= 11 is 0.